The van der Waals surface area contributed by atoms with Crippen LogP contribution in [-0.2, 0) is 6.42 Å². The summed E-state index contributed by atoms with van der Waals surface area (Å²) in [6.07, 6.45) is 6.16. The van der Waals surface area contributed by atoms with Gasteiger partial charge >= 0.3 is 0 Å². The van der Waals surface area contributed by atoms with E-state index in [4.69, 9.17) is 10.5 Å². The smallest absolute Gasteiger partial charge is 0.213 e. The third-order valence-corrected chi connectivity index (χ3v) is 2.41. The Labute approximate surface area is 100 Å². The second-order valence-electron chi connectivity index (χ2n) is 3.58. The van der Waals surface area contributed by atoms with E-state index in [0.717, 1.165) is 17.8 Å². The Hall–Kier alpha value is -1.88. The number of rotatable bonds is 5. The zero-order valence-electron chi connectivity index (χ0n) is 9.84. The maximum absolute atomic E-state index is 5.55. The molecule has 2 heterocycles. The lowest BCUT2D eigenvalue weighted by molar-refractivity contribution is 0.327. The van der Waals surface area contributed by atoms with E-state index in [1.165, 1.54) is 0 Å². The first-order chi connectivity index (χ1) is 8.35. The first kappa shape index (κ1) is 11.6. The van der Waals surface area contributed by atoms with Gasteiger partial charge in [-0.2, -0.15) is 0 Å². The molecule has 5 heteroatoms. The summed E-state index contributed by atoms with van der Waals surface area (Å²) in [4.78, 5) is 8.35. The molecule has 0 unspecified atom stereocenters. The van der Waals surface area contributed by atoms with E-state index >= 15 is 0 Å². The van der Waals surface area contributed by atoms with Gasteiger partial charge in [-0.1, -0.05) is 0 Å². The van der Waals surface area contributed by atoms with E-state index in [-0.39, 0.29) is 0 Å². The fourth-order valence-corrected chi connectivity index (χ4v) is 1.64. The van der Waals surface area contributed by atoms with Gasteiger partial charge in [0.2, 0.25) is 5.88 Å². The third kappa shape index (κ3) is 2.62. The maximum Gasteiger partial charge on any atom is 0.213 e. The highest BCUT2D eigenvalue weighted by molar-refractivity contribution is 5.33. The minimum Gasteiger partial charge on any atom is -0.478 e. The van der Waals surface area contributed by atoms with Crippen LogP contribution in [-0.4, -0.2) is 27.7 Å². The lowest BCUT2D eigenvalue weighted by Gasteiger charge is -2.07. The summed E-state index contributed by atoms with van der Waals surface area (Å²) in [6.45, 7) is 3.16. The molecular formula is C12H16N4O. The van der Waals surface area contributed by atoms with Crippen molar-refractivity contribution >= 4 is 0 Å². The molecule has 0 bridgehead atoms. The van der Waals surface area contributed by atoms with Crippen LogP contribution >= 0.6 is 0 Å². The van der Waals surface area contributed by atoms with Crippen LogP contribution in [0.1, 0.15) is 12.6 Å². The van der Waals surface area contributed by atoms with E-state index in [2.05, 4.69) is 9.97 Å². The first-order valence-electron chi connectivity index (χ1n) is 5.65. The first-order valence-corrected chi connectivity index (χ1v) is 5.65. The number of nitrogens with zero attached hydrogens (tertiary/aromatic N) is 3. The van der Waals surface area contributed by atoms with Crippen molar-refractivity contribution in [2.24, 2.45) is 5.73 Å². The van der Waals surface area contributed by atoms with Crippen molar-refractivity contribution in [3.8, 4) is 11.6 Å². The summed E-state index contributed by atoms with van der Waals surface area (Å²) >= 11 is 0. The Bertz CT molecular complexity index is 464. The molecule has 0 aromatic carbocycles. The summed E-state index contributed by atoms with van der Waals surface area (Å²) < 4.78 is 7.28. The average molecular weight is 232 g/mol. The van der Waals surface area contributed by atoms with E-state index in [9.17, 15) is 0 Å². The quantitative estimate of drug-likeness (QED) is 0.840. The average Bonchev–Trinajstić information content (AvgIpc) is 2.79. The topological polar surface area (TPSA) is 66.0 Å². The Morgan fingerprint density at radius 2 is 2.24 bits per heavy atom. The second-order valence-corrected chi connectivity index (χ2v) is 3.58. The van der Waals surface area contributed by atoms with E-state index in [1.54, 1.807) is 12.5 Å². The molecule has 2 aromatic heterocycles. The van der Waals surface area contributed by atoms with Gasteiger partial charge in [0.15, 0.2) is 0 Å². The van der Waals surface area contributed by atoms with Gasteiger partial charge in [-0.25, -0.2) is 9.97 Å². The lowest BCUT2D eigenvalue weighted by Crippen LogP contribution is -2.07. The van der Waals surface area contributed by atoms with Gasteiger partial charge in [-0.05, 0) is 19.5 Å². The molecule has 0 saturated carbocycles. The van der Waals surface area contributed by atoms with Gasteiger partial charge in [0.05, 0.1) is 24.8 Å². The summed E-state index contributed by atoms with van der Waals surface area (Å²) in [7, 11) is 0. The number of hydrogen-bond donors (Lipinski definition) is 1. The fourth-order valence-electron chi connectivity index (χ4n) is 1.64. The maximum atomic E-state index is 5.55. The number of imidazole rings is 1. The van der Waals surface area contributed by atoms with E-state index < -0.39 is 0 Å². The molecule has 2 rings (SSSR count). The van der Waals surface area contributed by atoms with E-state index in [0.29, 0.717) is 19.0 Å². The SMILES string of the molecule is CCOc1ccc(-n2cncc2CCN)cn1. The van der Waals surface area contributed by atoms with E-state index in [1.807, 2.05) is 29.8 Å². The molecule has 2 aromatic rings. The van der Waals surface area contributed by atoms with Gasteiger partial charge in [-0.15, -0.1) is 0 Å². The molecule has 0 spiro atoms. The Morgan fingerprint density at radius 3 is 2.88 bits per heavy atom. The highest BCUT2D eigenvalue weighted by Crippen LogP contribution is 2.13. The normalized spacial score (nSPS) is 10.5. The van der Waals surface area contributed by atoms with Gasteiger partial charge < -0.3 is 15.0 Å². The Kier molecular flexibility index (Phi) is 3.72. The lowest BCUT2D eigenvalue weighted by atomic mass is 10.3. The number of pyridine rings is 1. The van der Waals surface area contributed by atoms with Crippen LogP contribution in [0.3, 0.4) is 0 Å². The zero-order valence-corrected chi connectivity index (χ0v) is 9.84. The van der Waals surface area contributed by atoms with Gasteiger partial charge in [0, 0.05) is 24.4 Å². The summed E-state index contributed by atoms with van der Waals surface area (Å²) in [6, 6.07) is 3.81. The number of ether oxygens (including phenoxy) is 1. The molecule has 2 N–H and O–H groups in total. The summed E-state index contributed by atoms with van der Waals surface area (Å²) in [5, 5.41) is 0. The minimum absolute atomic E-state index is 0.607. The second kappa shape index (κ2) is 5.45. The van der Waals surface area contributed by atoms with Crippen LogP contribution in [0.25, 0.3) is 5.69 Å². The summed E-state index contributed by atoms with van der Waals surface area (Å²) in [5.41, 5.74) is 7.60. The van der Waals surface area contributed by atoms with Gasteiger partial charge in [-0.3, -0.25) is 0 Å². The Balaban J connectivity index is 2.23. The van der Waals surface area contributed by atoms with Crippen molar-refractivity contribution < 1.29 is 4.74 Å². The van der Waals surface area contributed by atoms with Crippen molar-refractivity contribution in [1.29, 1.82) is 0 Å². The van der Waals surface area contributed by atoms with Crippen molar-refractivity contribution in [1.82, 2.24) is 14.5 Å². The molecule has 0 aliphatic carbocycles. The van der Waals surface area contributed by atoms with Crippen LogP contribution < -0.4 is 10.5 Å². The molecular weight excluding hydrogens is 216 g/mol. The highest BCUT2D eigenvalue weighted by atomic mass is 16.5. The van der Waals surface area contributed by atoms with Crippen molar-refractivity contribution in [2.45, 2.75) is 13.3 Å². The molecule has 5 nitrogen and oxygen atoms in total. The van der Waals surface area contributed by atoms with Gasteiger partial charge in [0.25, 0.3) is 0 Å². The molecule has 0 saturated heterocycles. The molecule has 0 aliphatic rings. The predicted molar refractivity (Wildman–Crippen MR) is 65.3 cm³/mol. The largest absolute Gasteiger partial charge is 0.478 e. The van der Waals surface area contributed by atoms with Crippen LogP contribution in [0.5, 0.6) is 5.88 Å². The summed E-state index contributed by atoms with van der Waals surface area (Å²) in [5.74, 6) is 0.636. The van der Waals surface area contributed by atoms with Crippen molar-refractivity contribution in [3.63, 3.8) is 0 Å². The number of aromatic nitrogens is 3. The monoisotopic (exact) mass is 232 g/mol. The fraction of sp³-hybridized carbons (Fsp3) is 0.333. The molecule has 0 atom stereocenters. The highest BCUT2D eigenvalue weighted by Gasteiger charge is 2.04. The minimum atomic E-state index is 0.607. The molecule has 0 amide bonds. The molecule has 0 fully saturated rings. The number of hydrogen-bond acceptors (Lipinski definition) is 4. The Morgan fingerprint density at radius 1 is 1.35 bits per heavy atom. The molecule has 0 radical (unpaired) electrons. The van der Waals surface area contributed by atoms with Crippen LogP contribution in [0.4, 0.5) is 0 Å². The predicted octanol–water partition coefficient (Wildman–Crippen LogP) is 1.17. The molecule has 0 aliphatic heterocycles. The molecule has 90 valence electrons. The van der Waals surface area contributed by atoms with Crippen molar-refractivity contribution in [3.05, 3.63) is 36.5 Å². The number of nitrogens with two attached hydrogens (primary N) is 1. The standard InChI is InChI=1S/C12H16N4O/c1-2-17-12-4-3-10(8-15-12)16-9-14-7-11(16)5-6-13/h3-4,7-9H,2,5-6,13H2,1H3. The van der Waals surface area contributed by atoms with Crippen LogP contribution in [0, 0.1) is 0 Å². The third-order valence-electron chi connectivity index (χ3n) is 2.41. The zero-order chi connectivity index (χ0) is 12.1. The molecule has 17 heavy (non-hydrogen) atoms. The van der Waals surface area contributed by atoms with Crippen molar-refractivity contribution in [2.75, 3.05) is 13.2 Å². The van der Waals surface area contributed by atoms with Gasteiger partial charge in [0.1, 0.15) is 0 Å². The van der Waals surface area contributed by atoms with Crippen LogP contribution in [0.15, 0.2) is 30.9 Å². The van der Waals surface area contributed by atoms with Crippen LogP contribution in [0.2, 0.25) is 0 Å².